The average Bonchev–Trinajstić information content (AvgIpc) is 2.43. The molecule has 0 unspecified atom stereocenters. The van der Waals surface area contributed by atoms with Gasteiger partial charge in [0.05, 0.1) is 0 Å². The lowest BCUT2D eigenvalue weighted by molar-refractivity contribution is -0.117. The Morgan fingerprint density at radius 3 is 2.63 bits per heavy atom. The molecule has 1 amide bonds. The third-order valence-electron chi connectivity index (χ3n) is 2.57. The van der Waals surface area contributed by atoms with Gasteiger partial charge in [-0.25, -0.2) is 0 Å². The number of hydrogen-bond donors (Lipinski definition) is 2. The van der Waals surface area contributed by atoms with Gasteiger partial charge in [0, 0.05) is 19.3 Å². The maximum absolute atomic E-state index is 11.6. The molecule has 0 aliphatic heterocycles. The summed E-state index contributed by atoms with van der Waals surface area (Å²) in [6.07, 6.45) is 2.31. The lowest BCUT2D eigenvalue weighted by Gasteiger charge is -2.04. The van der Waals surface area contributed by atoms with Crippen molar-refractivity contribution in [2.24, 2.45) is 0 Å². The topological polar surface area (TPSA) is 64.9 Å². The first-order valence-electron chi connectivity index (χ1n) is 6.34. The highest BCUT2D eigenvalue weighted by molar-refractivity contribution is 5.97. The van der Waals surface area contributed by atoms with Crippen LogP contribution in [0.4, 0.5) is 0 Å². The highest BCUT2D eigenvalue weighted by atomic mass is 16.1. The first-order chi connectivity index (χ1) is 9.17. The van der Waals surface area contributed by atoms with Crippen LogP contribution in [-0.4, -0.2) is 12.5 Å². The zero-order valence-electron chi connectivity index (χ0n) is 11.4. The van der Waals surface area contributed by atoms with E-state index >= 15 is 0 Å². The molecule has 1 aromatic carbocycles. The minimum absolute atomic E-state index is 0.0977. The van der Waals surface area contributed by atoms with E-state index in [1.807, 2.05) is 44.2 Å². The Morgan fingerprint density at radius 2 is 2.05 bits per heavy atom. The Balaban J connectivity index is 2.51. The summed E-state index contributed by atoms with van der Waals surface area (Å²) in [7, 11) is 0. The molecule has 0 saturated carbocycles. The molecular weight excluding hydrogens is 238 g/mol. The van der Waals surface area contributed by atoms with E-state index in [-0.39, 0.29) is 11.5 Å². The van der Waals surface area contributed by atoms with E-state index in [1.54, 1.807) is 0 Å². The van der Waals surface area contributed by atoms with Crippen molar-refractivity contribution >= 4 is 5.91 Å². The minimum Gasteiger partial charge on any atom is -0.386 e. The molecule has 0 fully saturated rings. The number of aryl methyl sites for hydroxylation is 1. The van der Waals surface area contributed by atoms with Gasteiger partial charge in [-0.1, -0.05) is 36.8 Å². The third-order valence-corrected chi connectivity index (χ3v) is 2.57. The van der Waals surface area contributed by atoms with Crippen molar-refractivity contribution in [2.45, 2.75) is 26.8 Å². The fraction of sp³-hybridized carbons (Fsp3) is 0.333. The molecular formula is C15H19N3O. The molecule has 0 atom stereocenters. The first kappa shape index (κ1) is 14.8. The van der Waals surface area contributed by atoms with Crippen LogP contribution in [0.3, 0.4) is 0 Å². The van der Waals surface area contributed by atoms with E-state index in [9.17, 15) is 4.79 Å². The lowest BCUT2D eigenvalue weighted by Crippen LogP contribution is -2.26. The van der Waals surface area contributed by atoms with Crippen molar-refractivity contribution in [1.29, 1.82) is 5.26 Å². The normalized spacial score (nSPS) is 10.7. The summed E-state index contributed by atoms with van der Waals surface area (Å²) < 4.78 is 0. The predicted molar refractivity (Wildman–Crippen MR) is 75.0 cm³/mol. The summed E-state index contributed by atoms with van der Waals surface area (Å²) in [4.78, 5) is 11.6. The highest BCUT2D eigenvalue weighted by Gasteiger charge is 2.06. The zero-order valence-corrected chi connectivity index (χ0v) is 11.4. The number of hydrogen-bond acceptors (Lipinski definition) is 3. The van der Waals surface area contributed by atoms with Gasteiger partial charge in [-0.2, -0.15) is 5.26 Å². The fourth-order valence-corrected chi connectivity index (χ4v) is 1.46. The number of carbonyl (C=O) groups is 1. The Hall–Kier alpha value is -2.28. The van der Waals surface area contributed by atoms with Gasteiger partial charge in [0.15, 0.2) is 0 Å². The summed E-state index contributed by atoms with van der Waals surface area (Å²) in [6.45, 7) is 5.16. The molecule has 1 aromatic rings. The summed E-state index contributed by atoms with van der Waals surface area (Å²) in [5, 5.41) is 14.6. The van der Waals surface area contributed by atoms with Crippen LogP contribution in [0.2, 0.25) is 0 Å². The number of nitriles is 1. The largest absolute Gasteiger partial charge is 0.386 e. The standard InChI is InChI=1S/C15H19N3O/c1-3-8-18-15(19)14(9-16)11-17-10-13-6-4-12(2)5-7-13/h4-7,11,17H,3,8,10H2,1-2H3,(H,18,19)/b14-11-. The van der Waals surface area contributed by atoms with Crippen LogP contribution < -0.4 is 10.6 Å². The average molecular weight is 257 g/mol. The van der Waals surface area contributed by atoms with E-state index < -0.39 is 0 Å². The van der Waals surface area contributed by atoms with E-state index in [1.165, 1.54) is 11.8 Å². The maximum atomic E-state index is 11.6. The summed E-state index contributed by atoms with van der Waals surface area (Å²) in [5.74, 6) is -0.333. The molecule has 2 N–H and O–H groups in total. The molecule has 0 radical (unpaired) electrons. The first-order valence-corrected chi connectivity index (χ1v) is 6.34. The fourth-order valence-electron chi connectivity index (χ4n) is 1.46. The number of benzene rings is 1. The van der Waals surface area contributed by atoms with Crippen molar-refractivity contribution in [1.82, 2.24) is 10.6 Å². The van der Waals surface area contributed by atoms with Crippen molar-refractivity contribution in [3.05, 3.63) is 47.2 Å². The Kier molecular flexibility index (Phi) is 6.17. The molecule has 1 rings (SSSR count). The second kappa shape index (κ2) is 7.93. The molecule has 19 heavy (non-hydrogen) atoms. The van der Waals surface area contributed by atoms with Gasteiger partial charge in [-0.3, -0.25) is 4.79 Å². The van der Waals surface area contributed by atoms with Gasteiger partial charge >= 0.3 is 0 Å². The molecule has 0 saturated heterocycles. The van der Waals surface area contributed by atoms with Crippen LogP contribution in [0.5, 0.6) is 0 Å². The van der Waals surface area contributed by atoms with Crippen molar-refractivity contribution in [3.63, 3.8) is 0 Å². The quantitative estimate of drug-likeness (QED) is 0.605. The van der Waals surface area contributed by atoms with Crippen LogP contribution in [0.1, 0.15) is 24.5 Å². The third kappa shape index (κ3) is 5.26. The molecule has 100 valence electrons. The monoisotopic (exact) mass is 257 g/mol. The van der Waals surface area contributed by atoms with Crippen LogP contribution in [0, 0.1) is 18.3 Å². The number of nitrogens with zero attached hydrogens (tertiary/aromatic N) is 1. The summed E-state index contributed by atoms with van der Waals surface area (Å²) in [6, 6.07) is 9.97. The van der Waals surface area contributed by atoms with E-state index in [4.69, 9.17) is 5.26 Å². The van der Waals surface area contributed by atoms with E-state index in [0.29, 0.717) is 13.1 Å². The Bertz CT molecular complexity index is 483. The van der Waals surface area contributed by atoms with Crippen molar-refractivity contribution in [2.75, 3.05) is 6.54 Å². The number of nitrogens with one attached hydrogen (secondary N) is 2. The second-order valence-electron chi connectivity index (χ2n) is 4.29. The van der Waals surface area contributed by atoms with Gasteiger partial charge in [0.25, 0.3) is 5.91 Å². The smallest absolute Gasteiger partial charge is 0.263 e. The number of rotatable bonds is 6. The van der Waals surface area contributed by atoms with E-state index in [0.717, 1.165) is 12.0 Å². The zero-order chi connectivity index (χ0) is 14.1. The summed E-state index contributed by atoms with van der Waals surface area (Å²) >= 11 is 0. The van der Waals surface area contributed by atoms with Crippen molar-refractivity contribution in [3.8, 4) is 6.07 Å². The number of carbonyl (C=O) groups excluding carboxylic acids is 1. The molecule has 0 aliphatic rings. The minimum atomic E-state index is -0.333. The van der Waals surface area contributed by atoms with Crippen LogP contribution in [-0.2, 0) is 11.3 Å². The van der Waals surface area contributed by atoms with E-state index in [2.05, 4.69) is 10.6 Å². The van der Waals surface area contributed by atoms with Gasteiger partial charge in [0.1, 0.15) is 11.6 Å². The Morgan fingerprint density at radius 1 is 1.37 bits per heavy atom. The highest BCUT2D eigenvalue weighted by Crippen LogP contribution is 2.02. The second-order valence-corrected chi connectivity index (χ2v) is 4.29. The maximum Gasteiger partial charge on any atom is 0.263 e. The molecule has 0 spiro atoms. The molecule has 0 heterocycles. The SMILES string of the molecule is CCCNC(=O)/C(C#N)=C\NCc1ccc(C)cc1. The lowest BCUT2D eigenvalue weighted by atomic mass is 10.1. The van der Waals surface area contributed by atoms with Crippen LogP contribution in [0.25, 0.3) is 0 Å². The Labute approximate surface area is 114 Å². The van der Waals surface area contributed by atoms with Crippen LogP contribution >= 0.6 is 0 Å². The number of amides is 1. The molecule has 0 aromatic heterocycles. The van der Waals surface area contributed by atoms with Crippen molar-refractivity contribution < 1.29 is 4.79 Å². The molecule has 4 nitrogen and oxygen atoms in total. The van der Waals surface area contributed by atoms with Crippen LogP contribution in [0.15, 0.2) is 36.0 Å². The predicted octanol–water partition coefficient (Wildman–Crippen LogP) is 2.02. The van der Waals surface area contributed by atoms with Gasteiger partial charge < -0.3 is 10.6 Å². The van der Waals surface area contributed by atoms with Gasteiger partial charge in [0.2, 0.25) is 0 Å². The van der Waals surface area contributed by atoms with Gasteiger partial charge in [-0.05, 0) is 18.9 Å². The molecule has 0 bridgehead atoms. The molecule has 0 aliphatic carbocycles. The molecule has 4 heteroatoms. The summed E-state index contributed by atoms with van der Waals surface area (Å²) in [5.41, 5.74) is 2.41. The van der Waals surface area contributed by atoms with Gasteiger partial charge in [-0.15, -0.1) is 0 Å².